The molecule has 0 aliphatic carbocycles. The van der Waals surface area contributed by atoms with E-state index in [0.29, 0.717) is 0 Å². The predicted molar refractivity (Wildman–Crippen MR) is 66.6 cm³/mol. The Labute approximate surface area is 98.1 Å². The molecule has 0 aromatic heterocycles. The van der Waals surface area contributed by atoms with Gasteiger partial charge < -0.3 is 14.4 Å². The molecule has 0 N–H and O–H groups in total. The van der Waals surface area contributed by atoms with Crippen molar-refractivity contribution < 1.29 is 9.47 Å². The van der Waals surface area contributed by atoms with Crippen LogP contribution in [-0.2, 0) is 0 Å². The third kappa shape index (κ3) is 2.05. The molecule has 1 aromatic carbocycles. The number of hydrogen-bond acceptors (Lipinski definition) is 3. The van der Waals surface area contributed by atoms with Crippen molar-refractivity contribution in [2.45, 2.75) is 0 Å². The quantitative estimate of drug-likeness (QED) is 0.800. The fourth-order valence-corrected chi connectivity index (χ4v) is 1.97. The molecule has 0 radical (unpaired) electrons. The van der Waals surface area contributed by atoms with Crippen LogP contribution in [-0.4, -0.2) is 28.3 Å². The highest BCUT2D eigenvalue weighted by molar-refractivity contribution is 14.1. The Balaban J connectivity index is 3.36. The van der Waals surface area contributed by atoms with Crippen LogP contribution in [0, 0.1) is 3.57 Å². The Morgan fingerprint density at radius 1 is 1.14 bits per heavy atom. The first-order chi connectivity index (χ1) is 6.61. The van der Waals surface area contributed by atoms with Crippen molar-refractivity contribution in [1.82, 2.24) is 0 Å². The Kier molecular flexibility index (Phi) is 3.86. The zero-order chi connectivity index (χ0) is 10.7. The molecule has 1 rings (SSSR count). The Morgan fingerprint density at radius 3 is 2.21 bits per heavy atom. The van der Waals surface area contributed by atoms with Gasteiger partial charge in [0.15, 0.2) is 5.75 Å². The summed E-state index contributed by atoms with van der Waals surface area (Å²) in [4.78, 5) is 1.99. The lowest BCUT2D eigenvalue weighted by Crippen LogP contribution is -2.12. The maximum absolute atomic E-state index is 5.35. The fourth-order valence-electron chi connectivity index (χ4n) is 1.31. The fraction of sp³-hybridized carbons (Fsp3) is 0.400. The number of anilines is 1. The lowest BCUT2D eigenvalue weighted by Gasteiger charge is -2.20. The van der Waals surface area contributed by atoms with E-state index in [9.17, 15) is 0 Å². The van der Waals surface area contributed by atoms with Crippen molar-refractivity contribution in [2.75, 3.05) is 33.2 Å². The molecule has 0 bridgehead atoms. The van der Waals surface area contributed by atoms with Gasteiger partial charge in [-0.3, -0.25) is 0 Å². The van der Waals surface area contributed by atoms with Gasteiger partial charge in [-0.1, -0.05) is 0 Å². The van der Waals surface area contributed by atoms with E-state index in [1.807, 2.05) is 31.1 Å². The van der Waals surface area contributed by atoms with Gasteiger partial charge in [-0.15, -0.1) is 0 Å². The van der Waals surface area contributed by atoms with E-state index in [2.05, 4.69) is 22.6 Å². The number of ether oxygens (including phenoxy) is 2. The van der Waals surface area contributed by atoms with Crippen LogP contribution in [0.25, 0.3) is 0 Å². The first kappa shape index (κ1) is 11.4. The van der Waals surface area contributed by atoms with E-state index in [1.165, 1.54) is 0 Å². The number of benzene rings is 1. The Morgan fingerprint density at radius 2 is 1.79 bits per heavy atom. The maximum Gasteiger partial charge on any atom is 0.159 e. The van der Waals surface area contributed by atoms with Gasteiger partial charge in [0.2, 0.25) is 0 Å². The molecule has 3 nitrogen and oxygen atoms in total. The Bertz CT molecular complexity index is 326. The van der Waals surface area contributed by atoms with Gasteiger partial charge in [0.1, 0.15) is 11.4 Å². The average Bonchev–Trinajstić information content (AvgIpc) is 2.17. The van der Waals surface area contributed by atoms with E-state index in [0.717, 1.165) is 20.8 Å². The second-order valence-corrected chi connectivity index (χ2v) is 4.19. The van der Waals surface area contributed by atoms with Crippen LogP contribution in [0.3, 0.4) is 0 Å². The first-order valence-electron chi connectivity index (χ1n) is 4.19. The predicted octanol–water partition coefficient (Wildman–Crippen LogP) is 2.37. The minimum Gasteiger partial charge on any atom is -0.494 e. The summed E-state index contributed by atoms with van der Waals surface area (Å²) >= 11 is 2.25. The second kappa shape index (κ2) is 4.72. The number of hydrogen-bond donors (Lipinski definition) is 0. The molecule has 0 atom stereocenters. The van der Waals surface area contributed by atoms with Gasteiger partial charge in [-0.05, 0) is 34.7 Å². The zero-order valence-corrected chi connectivity index (χ0v) is 11.0. The lowest BCUT2D eigenvalue weighted by atomic mass is 10.2. The highest BCUT2D eigenvalue weighted by Gasteiger charge is 2.14. The van der Waals surface area contributed by atoms with Crippen LogP contribution < -0.4 is 14.4 Å². The molecule has 0 aliphatic heterocycles. The number of methoxy groups -OCH3 is 2. The molecule has 0 saturated heterocycles. The number of halogens is 1. The molecular formula is C10H14INO2. The van der Waals surface area contributed by atoms with Crippen LogP contribution in [0.4, 0.5) is 5.69 Å². The van der Waals surface area contributed by atoms with Gasteiger partial charge in [-0.2, -0.15) is 0 Å². The zero-order valence-electron chi connectivity index (χ0n) is 8.80. The van der Waals surface area contributed by atoms with Crippen molar-refractivity contribution in [2.24, 2.45) is 0 Å². The molecule has 0 aliphatic rings. The van der Waals surface area contributed by atoms with Gasteiger partial charge in [0.25, 0.3) is 0 Å². The minimum absolute atomic E-state index is 0.826. The van der Waals surface area contributed by atoms with Crippen molar-refractivity contribution in [3.8, 4) is 11.5 Å². The molecule has 14 heavy (non-hydrogen) atoms. The highest BCUT2D eigenvalue weighted by atomic mass is 127. The van der Waals surface area contributed by atoms with Gasteiger partial charge in [-0.25, -0.2) is 0 Å². The molecule has 0 unspecified atom stereocenters. The van der Waals surface area contributed by atoms with Crippen LogP contribution in [0.2, 0.25) is 0 Å². The summed E-state index contributed by atoms with van der Waals surface area (Å²) in [5.74, 6) is 1.68. The van der Waals surface area contributed by atoms with Crippen molar-refractivity contribution in [1.29, 1.82) is 0 Å². The Hall–Kier alpha value is -0.650. The van der Waals surface area contributed by atoms with Gasteiger partial charge in [0.05, 0.1) is 17.8 Å². The first-order valence-corrected chi connectivity index (χ1v) is 5.27. The standard InChI is InChI=1S/C10H14INO2/c1-12(2)9-8(13-3)6-5-7(11)10(9)14-4/h5-6H,1-4H3. The van der Waals surface area contributed by atoms with E-state index in [-0.39, 0.29) is 0 Å². The maximum atomic E-state index is 5.35. The number of nitrogens with zero attached hydrogens (tertiary/aromatic N) is 1. The largest absolute Gasteiger partial charge is 0.494 e. The molecule has 78 valence electrons. The molecule has 4 heteroatoms. The molecule has 1 aromatic rings. The van der Waals surface area contributed by atoms with Crippen molar-refractivity contribution in [3.05, 3.63) is 15.7 Å². The van der Waals surface area contributed by atoms with E-state index in [4.69, 9.17) is 9.47 Å². The summed E-state index contributed by atoms with van der Waals surface area (Å²) in [6.45, 7) is 0. The average molecular weight is 307 g/mol. The molecular weight excluding hydrogens is 293 g/mol. The molecule has 0 amide bonds. The summed E-state index contributed by atoms with van der Waals surface area (Å²) in [5.41, 5.74) is 0.974. The minimum atomic E-state index is 0.826. The van der Waals surface area contributed by atoms with E-state index >= 15 is 0 Å². The van der Waals surface area contributed by atoms with Gasteiger partial charge in [0, 0.05) is 14.1 Å². The van der Waals surface area contributed by atoms with Crippen molar-refractivity contribution >= 4 is 28.3 Å². The molecule has 0 fully saturated rings. The normalized spacial score (nSPS) is 9.79. The third-order valence-corrected chi connectivity index (χ3v) is 2.77. The molecule has 0 heterocycles. The summed E-state index contributed by atoms with van der Waals surface area (Å²) in [6.07, 6.45) is 0. The molecule has 0 spiro atoms. The highest BCUT2D eigenvalue weighted by Crippen LogP contribution is 2.39. The smallest absolute Gasteiger partial charge is 0.159 e. The second-order valence-electron chi connectivity index (χ2n) is 3.03. The SMILES string of the molecule is COc1ccc(I)c(OC)c1N(C)C. The summed E-state index contributed by atoms with van der Waals surface area (Å²) in [6, 6.07) is 3.92. The van der Waals surface area contributed by atoms with Gasteiger partial charge >= 0.3 is 0 Å². The molecule has 0 saturated carbocycles. The van der Waals surface area contributed by atoms with Crippen LogP contribution in [0.15, 0.2) is 12.1 Å². The van der Waals surface area contributed by atoms with Crippen LogP contribution in [0.5, 0.6) is 11.5 Å². The summed E-state index contributed by atoms with van der Waals surface area (Å²) in [5, 5.41) is 0. The topological polar surface area (TPSA) is 21.7 Å². The third-order valence-electron chi connectivity index (χ3n) is 1.92. The summed E-state index contributed by atoms with van der Waals surface area (Å²) < 4.78 is 11.7. The monoisotopic (exact) mass is 307 g/mol. The van der Waals surface area contributed by atoms with E-state index < -0.39 is 0 Å². The summed E-state index contributed by atoms with van der Waals surface area (Å²) in [7, 11) is 7.27. The van der Waals surface area contributed by atoms with Crippen LogP contribution in [0.1, 0.15) is 0 Å². The lowest BCUT2D eigenvalue weighted by molar-refractivity contribution is 0.393. The van der Waals surface area contributed by atoms with Crippen molar-refractivity contribution in [3.63, 3.8) is 0 Å². The van der Waals surface area contributed by atoms with E-state index in [1.54, 1.807) is 14.2 Å². The number of rotatable bonds is 3. The van der Waals surface area contributed by atoms with Crippen LogP contribution >= 0.6 is 22.6 Å².